The van der Waals surface area contributed by atoms with Crippen LogP contribution in [-0.4, -0.2) is 66.3 Å². The topological polar surface area (TPSA) is 116 Å². The van der Waals surface area contributed by atoms with Gasteiger partial charge in [0.2, 0.25) is 0 Å². The molecule has 4 aliphatic heterocycles. The minimum absolute atomic E-state index is 0.0781. The zero-order valence-electron chi connectivity index (χ0n) is 17.4. The minimum atomic E-state index is -0.702. The Morgan fingerprint density at radius 3 is 2.80 bits per heavy atom. The first kappa shape index (κ1) is 18.1. The van der Waals surface area contributed by atoms with Crippen LogP contribution in [0.1, 0.15) is 40.0 Å². The first-order valence-electron chi connectivity index (χ1n) is 11.1. The summed E-state index contributed by atoms with van der Waals surface area (Å²) in [7, 11) is 0. The molecule has 0 aromatic carbocycles. The maximum atomic E-state index is 12.3. The highest BCUT2D eigenvalue weighted by molar-refractivity contribution is 5.92. The molecule has 3 saturated heterocycles. The summed E-state index contributed by atoms with van der Waals surface area (Å²) in [6.45, 7) is 6.65. The number of ether oxygens (including phenoxy) is 5. The van der Waals surface area contributed by atoms with Crippen molar-refractivity contribution < 1.29 is 33.3 Å². The Labute approximate surface area is 174 Å². The van der Waals surface area contributed by atoms with E-state index in [1.165, 1.54) is 0 Å². The Bertz CT molecular complexity index is 946. The number of hydrogen-bond donors (Lipinski definition) is 1. The van der Waals surface area contributed by atoms with Crippen LogP contribution in [0.5, 0.6) is 0 Å². The van der Waals surface area contributed by atoms with Crippen molar-refractivity contribution in [3.63, 3.8) is 0 Å². The van der Waals surface area contributed by atoms with E-state index in [-0.39, 0.29) is 48.1 Å². The molecule has 0 bridgehead atoms. The number of carbonyl (C=O) groups is 2. The standard InChI is InChI=1S/C22H27NO7/c1-9(2)20-15(29-20)16-22(30-16)19(3)5-4-10-11(8-26-17(10)25)12(19)6-13-21(22,28-13)18(20)27-14(24)7-23/h9,12-13,15-16,18H,4-8,23H2,1-3H3/t12-,13-,15-,16-,18?,19-,20-,21+,22+/m0/s1. The molecule has 2 saturated carbocycles. The van der Waals surface area contributed by atoms with E-state index in [1.807, 2.05) is 0 Å². The predicted molar refractivity (Wildman–Crippen MR) is 100 cm³/mol. The molecule has 0 radical (unpaired) electrons. The highest BCUT2D eigenvalue weighted by Crippen LogP contribution is 2.83. The molecule has 0 aromatic rings. The molecule has 2 N–H and O–H groups in total. The summed E-state index contributed by atoms with van der Waals surface area (Å²) >= 11 is 0. The lowest BCUT2D eigenvalue weighted by Crippen LogP contribution is -2.70. The molecule has 1 unspecified atom stereocenters. The molecule has 5 fully saturated rings. The Balaban J connectivity index is 1.37. The lowest BCUT2D eigenvalue weighted by Gasteiger charge is -2.53. The second-order valence-electron chi connectivity index (χ2n) is 10.6. The van der Waals surface area contributed by atoms with E-state index in [2.05, 4.69) is 20.8 Å². The van der Waals surface area contributed by atoms with Crippen LogP contribution in [0, 0.1) is 17.3 Å². The van der Waals surface area contributed by atoms with Crippen LogP contribution in [0.4, 0.5) is 0 Å². The molecule has 3 aliphatic carbocycles. The molecule has 8 heteroatoms. The van der Waals surface area contributed by atoms with Gasteiger partial charge in [0, 0.05) is 11.0 Å². The number of hydrogen-bond acceptors (Lipinski definition) is 8. The monoisotopic (exact) mass is 417 g/mol. The van der Waals surface area contributed by atoms with Gasteiger partial charge < -0.3 is 29.4 Å². The SMILES string of the molecule is CC(C)[C@]12O[C@H]1[C@@H]1O[C@@]13[C@@]1(C)CCC4=C(COC4=O)[C@@H]1C[C@@H]1O[C@@]13C2OC(=O)CN. The van der Waals surface area contributed by atoms with E-state index in [0.29, 0.717) is 13.0 Å². The number of epoxide rings is 3. The summed E-state index contributed by atoms with van der Waals surface area (Å²) in [4.78, 5) is 24.6. The molecule has 162 valence electrons. The maximum Gasteiger partial charge on any atom is 0.334 e. The van der Waals surface area contributed by atoms with Gasteiger partial charge in [0.05, 0.1) is 12.6 Å². The quantitative estimate of drug-likeness (QED) is 0.525. The zero-order chi connectivity index (χ0) is 20.8. The Kier molecular flexibility index (Phi) is 2.99. The van der Waals surface area contributed by atoms with Crippen molar-refractivity contribution in [1.82, 2.24) is 0 Å². The molecule has 0 amide bonds. The molecule has 9 atom stereocenters. The van der Waals surface area contributed by atoms with Crippen molar-refractivity contribution in [2.45, 2.75) is 81.3 Å². The number of nitrogens with two attached hydrogens (primary N) is 1. The van der Waals surface area contributed by atoms with Crippen molar-refractivity contribution in [1.29, 1.82) is 0 Å². The van der Waals surface area contributed by atoms with Crippen LogP contribution in [0.15, 0.2) is 11.1 Å². The number of cyclic esters (lactones) is 1. The molecule has 0 aromatic heterocycles. The minimum Gasteiger partial charge on any atom is -0.458 e. The zero-order valence-corrected chi connectivity index (χ0v) is 17.4. The van der Waals surface area contributed by atoms with E-state index < -0.39 is 28.9 Å². The third kappa shape index (κ3) is 1.58. The second-order valence-corrected chi connectivity index (χ2v) is 10.6. The normalized spacial score (nSPS) is 56.0. The van der Waals surface area contributed by atoms with Crippen molar-refractivity contribution in [3.8, 4) is 0 Å². The lowest BCUT2D eigenvalue weighted by molar-refractivity contribution is -0.167. The highest BCUT2D eigenvalue weighted by atomic mass is 16.8. The average Bonchev–Trinajstić information content (AvgIpc) is 3.61. The second kappa shape index (κ2) is 4.95. The molecule has 7 rings (SSSR count). The van der Waals surface area contributed by atoms with Crippen molar-refractivity contribution in [2.75, 3.05) is 13.2 Å². The Morgan fingerprint density at radius 1 is 1.27 bits per heavy atom. The van der Waals surface area contributed by atoms with Crippen LogP contribution >= 0.6 is 0 Å². The van der Waals surface area contributed by atoms with Crippen molar-refractivity contribution >= 4 is 11.9 Å². The lowest BCUT2D eigenvalue weighted by atomic mass is 9.46. The Hall–Kier alpha value is -1.48. The van der Waals surface area contributed by atoms with Crippen LogP contribution in [-0.2, 0) is 33.3 Å². The number of rotatable bonds is 3. The fourth-order valence-electron chi connectivity index (χ4n) is 8.02. The maximum absolute atomic E-state index is 12.3. The molecule has 7 aliphatic rings. The van der Waals surface area contributed by atoms with Gasteiger partial charge in [-0.1, -0.05) is 20.8 Å². The first-order chi connectivity index (χ1) is 14.3. The van der Waals surface area contributed by atoms with Crippen LogP contribution in [0.2, 0.25) is 0 Å². The van der Waals surface area contributed by atoms with Gasteiger partial charge >= 0.3 is 11.9 Å². The van der Waals surface area contributed by atoms with Crippen LogP contribution in [0.25, 0.3) is 0 Å². The van der Waals surface area contributed by atoms with E-state index in [1.54, 1.807) is 0 Å². The summed E-state index contributed by atoms with van der Waals surface area (Å²) in [5.41, 5.74) is 5.47. The predicted octanol–water partition coefficient (Wildman–Crippen LogP) is 0.613. The third-order valence-electron chi connectivity index (χ3n) is 9.48. The average molecular weight is 417 g/mol. The van der Waals surface area contributed by atoms with Crippen molar-refractivity contribution in [2.24, 2.45) is 23.0 Å². The largest absolute Gasteiger partial charge is 0.458 e. The number of fused-ring (bicyclic) bond motifs is 4. The number of carbonyl (C=O) groups excluding carboxylic acids is 2. The molecule has 4 heterocycles. The summed E-state index contributed by atoms with van der Waals surface area (Å²) in [6.07, 6.45) is 1.46. The summed E-state index contributed by atoms with van der Waals surface area (Å²) in [6, 6.07) is 0. The third-order valence-corrected chi connectivity index (χ3v) is 9.48. The summed E-state index contributed by atoms with van der Waals surface area (Å²) < 4.78 is 30.8. The summed E-state index contributed by atoms with van der Waals surface area (Å²) in [5.74, 6) is -0.307. The number of esters is 2. The van der Waals surface area contributed by atoms with Gasteiger partial charge in [-0.05, 0) is 36.7 Å². The van der Waals surface area contributed by atoms with Gasteiger partial charge in [-0.15, -0.1) is 0 Å². The molecule has 8 nitrogen and oxygen atoms in total. The van der Waals surface area contributed by atoms with Gasteiger partial charge in [-0.2, -0.15) is 0 Å². The van der Waals surface area contributed by atoms with E-state index >= 15 is 0 Å². The van der Waals surface area contributed by atoms with Gasteiger partial charge in [-0.25, -0.2) is 4.79 Å². The van der Waals surface area contributed by atoms with E-state index in [0.717, 1.165) is 24.0 Å². The summed E-state index contributed by atoms with van der Waals surface area (Å²) in [5, 5.41) is 0. The van der Waals surface area contributed by atoms with Gasteiger partial charge in [0.15, 0.2) is 11.7 Å². The van der Waals surface area contributed by atoms with E-state index in [9.17, 15) is 9.59 Å². The Morgan fingerprint density at radius 2 is 2.07 bits per heavy atom. The van der Waals surface area contributed by atoms with E-state index in [4.69, 9.17) is 29.4 Å². The molecule has 2 spiro atoms. The smallest absolute Gasteiger partial charge is 0.334 e. The van der Waals surface area contributed by atoms with Crippen molar-refractivity contribution in [3.05, 3.63) is 11.1 Å². The fourth-order valence-corrected chi connectivity index (χ4v) is 8.02. The van der Waals surface area contributed by atoms with Gasteiger partial charge in [0.1, 0.15) is 30.0 Å². The molecular formula is C22H27NO7. The molecular weight excluding hydrogens is 390 g/mol. The fraction of sp³-hybridized carbons (Fsp3) is 0.818. The molecule has 30 heavy (non-hydrogen) atoms. The van der Waals surface area contributed by atoms with Gasteiger partial charge in [0.25, 0.3) is 0 Å². The first-order valence-corrected chi connectivity index (χ1v) is 11.1. The van der Waals surface area contributed by atoms with Gasteiger partial charge in [-0.3, -0.25) is 4.79 Å². The van der Waals surface area contributed by atoms with Crippen LogP contribution in [0.3, 0.4) is 0 Å². The van der Waals surface area contributed by atoms with Crippen LogP contribution < -0.4 is 5.73 Å². The highest BCUT2D eigenvalue weighted by Gasteiger charge is 3.01.